The average Bonchev–Trinajstić information content (AvgIpc) is 3.40. The van der Waals surface area contributed by atoms with Crippen LogP contribution in [0.25, 0.3) is 16.6 Å². The fourth-order valence-electron chi connectivity index (χ4n) is 5.27. The van der Waals surface area contributed by atoms with Crippen LogP contribution in [0.4, 0.5) is 16.0 Å². The number of imidazole rings is 1. The SMILES string of the molecule is OC1CC(c2cn3cc(C4CC4)ccc3n2)N(c2cc(NCc3cc4c(Cl)c[nH]c4cc3F)ncn2)C1. The molecule has 8 nitrogen and oxygen atoms in total. The molecule has 1 saturated carbocycles. The van der Waals surface area contributed by atoms with Gasteiger partial charge in [0.1, 0.15) is 29.4 Å². The molecule has 7 rings (SSSR count). The Bertz CT molecular complexity index is 1630. The monoisotopic (exact) mass is 517 g/mol. The molecule has 5 aromatic rings. The molecule has 10 heteroatoms. The van der Waals surface area contributed by atoms with Gasteiger partial charge < -0.3 is 24.7 Å². The van der Waals surface area contributed by atoms with Crippen LogP contribution in [0.15, 0.2) is 55.2 Å². The van der Waals surface area contributed by atoms with E-state index in [-0.39, 0.29) is 18.4 Å². The van der Waals surface area contributed by atoms with Crippen LogP contribution < -0.4 is 10.2 Å². The van der Waals surface area contributed by atoms with E-state index in [0.29, 0.717) is 46.6 Å². The number of anilines is 2. The summed E-state index contributed by atoms with van der Waals surface area (Å²) < 4.78 is 16.7. The summed E-state index contributed by atoms with van der Waals surface area (Å²) in [7, 11) is 0. The Balaban J connectivity index is 1.13. The third-order valence-corrected chi connectivity index (χ3v) is 7.68. The van der Waals surface area contributed by atoms with Gasteiger partial charge in [-0.2, -0.15) is 0 Å². The van der Waals surface area contributed by atoms with Crippen molar-refractivity contribution in [1.82, 2.24) is 24.3 Å². The summed E-state index contributed by atoms with van der Waals surface area (Å²) in [5, 5.41) is 15.1. The molecular formula is C27H25ClFN7O. The molecule has 3 N–H and O–H groups in total. The number of nitrogens with zero attached hydrogens (tertiary/aromatic N) is 5. The topological polar surface area (TPSA) is 94.4 Å². The van der Waals surface area contributed by atoms with Crippen molar-refractivity contribution < 1.29 is 9.50 Å². The number of aromatic amines is 1. The lowest BCUT2D eigenvalue weighted by Gasteiger charge is -2.24. The zero-order valence-corrected chi connectivity index (χ0v) is 20.7. The maximum atomic E-state index is 14.6. The Morgan fingerprint density at radius 1 is 1.16 bits per heavy atom. The van der Waals surface area contributed by atoms with Gasteiger partial charge in [0.25, 0.3) is 0 Å². The lowest BCUT2D eigenvalue weighted by Crippen LogP contribution is -2.25. The predicted molar refractivity (Wildman–Crippen MR) is 141 cm³/mol. The number of nitrogens with one attached hydrogen (secondary N) is 2. The first kappa shape index (κ1) is 22.5. The van der Waals surface area contributed by atoms with Gasteiger partial charge in [-0.15, -0.1) is 0 Å². The van der Waals surface area contributed by atoms with Crippen LogP contribution in [0.2, 0.25) is 5.02 Å². The molecule has 188 valence electrons. The fraction of sp³-hybridized carbons (Fsp3) is 0.296. The maximum Gasteiger partial charge on any atom is 0.137 e. The number of benzene rings is 1. The zero-order valence-electron chi connectivity index (χ0n) is 19.9. The minimum atomic E-state index is -0.491. The zero-order chi connectivity index (χ0) is 25.1. The summed E-state index contributed by atoms with van der Waals surface area (Å²) in [5.74, 6) is 1.59. The van der Waals surface area contributed by atoms with Crippen molar-refractivity contribution in [2.45, 2.75) is 43.9 Å². The number of rotatable bonds is 6. The van der Waals surface area contributed by atoms with Crippen molar-refractivity contribution in [2.24, 2.45) is 0 Å². The average molecular weight is 518 g/mol. The molecule has 0 bridgehead atoms. The van der Waals surface area contributed by atoms with Crippen LogP contribution >= 0.6 is 11.6 Å². The number of aliphatic hydroxyl groups excluding tert-OH is 1. The van der Waals surface area contributed by atoms with Crippen molar-refractivity contribution in [2.75, 3.05) is 16.8 Å². The van der Waals surface area contributed by atoms with Crippen LogP contribution in [0.5, 0.6) is 0 Å². The van der Waals surface area contributed by atoms with E-state index >= 15 is 0 Å². The highest BCUT2D eigenvalue weighted by molar-refractivity contribution is 6.35. The summed E-state index contributed by atoms with van der Waals surface area (Å²) in [5.41, 5.74) is 4.29. The number of pyridine rings is 1. The second-order valence-electron chi connectivity index (χ2n) is 9.97. The largest absolute Gasteiger partial charge is 0.391 e. The minimum Gasteiger partial charge on any atom is -0.391 e. The molecule has 2 aliphatic rings. The van der Waals surface area contributed by atoms with E-state index in [0.717, 1.165) is 16.7 Å². The lowest BCUT2D eigenvalue weighted by molar-refractivity contribution is 0.194. The van der Waals surface area contributed by atoms with Crippen LogP contribution in [-0.4, -0.2) is 42.1 Å². The number of H-pyrrole nitrogens is 1. The Morgan fingerprint density at radius 2 is 2.05 bits per heavy atom. The quantitative estimate of drug-likeness (QED) is 0.286. The number of fused-ring (bicyclic) bond motifs is 2. The number of aromatic nitrogens is 5. The number of hydrogen-bond acceptors (Lipinski definition) is 6. The highest BCUT2D eigenvalue weighted by atomic mass is 35.5. The van der Waals surface area contributed by atoms with Crippen molar-refractivity contribution in [3.8, 4) is 0 Å². The van der Waals surface area contributed by atoms with Gasteiger partial charge >= 0.3 is 0 Å². The van der Waals surface area contributed by atoms with E-state index < -0.39 is 6.10 Å². The standard InChI is InChI=1S/C27H25ClFN7O/c28-20-10-30-22-7-21(29)17(5-19(20)22)9-31-25-8-27(33-14-32-25)36-12-18(37)6-24(36)23-13-35-11-16(15-1-2-15)3-4-26(35)34-23/h3-5,7-8,10-11,13-15,18,24,30,37H,1-2,6,9,12H2,(H,31,32,33). The van der Waals surface area contributed by atoms with Crippen molar-refractivity contribution in [3.05, 3.63) is 82.9 Å². The molecule has 1 aromatic carbocycles. The number of β-amino-alcohol motifs (C(OH)–C–C–N with tert-alkyl or cyclic N) is 1. The Morgan fingerprint density at radius 3 is 2.92 bits per heavy atom. The van der Waals surface area contributed by atoms with Crippen LogP contribution in [0.3, 0.4) is 0 Å². The van der Waals surface area contributed by atoms with E-state index in [2.05, 4.69) is 54.1 Å². The molecule has 0 radical (unpaired) electrons. The number of aliphatic hydroxyl groups is 1. The summed E-state index contributed by atoms with van der Waals surface area (Å²) >= 11 is 6.21. The molecule has 1 saturated heterocycles. The van der Waals surface area contributed by atoms with Gasteiger partial charge in [0, 0.05) is 60.6 Å². The summed E-state index contributed by atoms with van der Waals surface area (Å²) in [6.07, 6.45) is 9.93. The second-order valence-corrected chi connectivity index (χ2v) is 10.4. The Kier molecular flexibility index (Phi) is 5.30. The first-order valence-electron chi connectivity index (χ1n) is 12.5. The van der Waals surface area contributed by atoms with Gasteiger partial charge in [-0.05, 0) is 42.5 Å². The van der Waals surface area contributed by atoms with Gasteiger partial charge in [0.15, 0.2) is 0 Å². The van der Waals surface area contributed by atoms with E-state index in [9.17, 15) is 9.50 Å². The molecular weight excluding hydrogens is 493 g/mol. The fourth-order valence-corrected chi connectivity index (χ4v) is 5.48. The van der Waals surface area contributed by atoms with Crippen molar-refractivity contribution >= 4 is 39.8 Å². The molecule has 2 atom stereocenters. The number of halogens is 2. The second kappa shape index (κ2) is 8.71. The van der Waals surface area contributed by atoms with Gasteiger partial charge in [-0.25, -0.2) is 19.3 Å². The van der Waals surface area contributed by atoms with E-state index in [4.69, 9.17) is 16.6 Å². The molecule has 2 fully saturated rings. The highest BCUT2D eigenvalue weighted by Crippen LogP contribution is 2.40. The van der Waals surface area contributed by atoms with E-state index in [1.807, 2.05) is 6.07 Å². The van der Waals surface area contributed by atoms with Gasteiger partial charge in [-0.1, -0.05) is 17.7 Å². The normalized spacial score (nSPS) is 19.8. The molecule has 5 heterocycles. The van der Waals surface area contributed by atoms with Gasteiger partial charge in [0.2, 0.25) is 0 Å². The first-order chi connectivity index (χ1) is 18.0. The smallest absolute Gasteiger partial charge is 0.137 e. The summed E-state index contributed by atoms with van der Waals surface area (Å²) in [6, 6.07) is 9.13. The Hall–Kier alpha value is -3.69. The van der Waals surface area contributed by atoms with Gasteiger partial charge in [-0.3, -0.25) is 0 Å². The van der Waals surface area contributed by atoms with E-state index in [1.54, 1.807) is 12.3 Å². The number of hydrogen-bond donors (Lipinski definition) is 3. The molecule has 1 aliphatic carbocycles. The third kappa shape index (κ3) is 4.18. The van der Waals surface area contributed by atoms with E-state index in [1.165, 1.54) is 30.8 Å². The molecule has 1 aliphatic heterocycles. The molecule has 0 amide bonds. The maximum absolute atomic E-state index is 14.6. The molecule has 37 heavy (non-hydrogen) atoms. The van der Waals surface area contributed by atoms with Crippen molar-refractivity contribution in [3.63, 3.8) is 0 Å². The molecule has 0 spiro atoms. The Labute approximate surface area is 217 Å². The first-order valence-corrected chi connectivity index (χ1v) is 12.8. The predicted octanol–water partition coefficient (Wildman–Crippen LogP) is 5.20. The van der Waals surface area contributed by atoms with Crippen LogP contribution in [0, 0.1) is 5.82 Å². The molecule has 4 aromatic heterocycles. The van der Waals surface area contributed by atoms with Gasteiger partial charge in [0.05, 0.1) is 22.9 Å². The summed E-state index contributed by atoms with van der Waals surface area (Å²) in [4.78, 5) is 18.7. The van der Waals surface area contributed by atoms with Crippen molar-refractivity contribution in [1.29, 1.82) is 0 Å². The third-order valence-electron chi connectivity index (χ3n) is 7.37. The highest BCUT2D eigenvalue weighted by Gasteiger charge is 2.35. The molecule has 2 unspecified atom stereocenters. The minimum absolute atomic E-state index is 0.113. The van der Waals surface area contributed by atoms with Crippen LogP contribution in [0.1, 0.15) is 48.0 Å². The van der Waals surface area contributed by atoms with Crippen LogP contribution in [-0.2, 0) is 6.54 Å². The lowest BCUT2D eigenvalue weighted by atomic mass is 10.1. The summed E-state index contributed by atoms with van der Waals surface area (Å²) in [6.45, 7) is 0.682.